The van der Waals surface area contributed by atoms with Crippen molar-refractivity contribution in [2.45, 2.75) is 6.54 Å². The van der Waals surface area contributed by atoms with Crippen LogP contribution in [-0.4, -0.2) is 22.8 Å². The predicted molar refractivity (Wildman–Crippen MR) is 106 cm³/mol. The molecule has 0 aliphatic heterocycles. The molecule has 5 heteroatoms. The number of rotatable bonds is 5. The molecule has 1 aromatic heterocycles. The molecule has 0 saturated heterocycles. The van der Waals surface area contributed by atoms with E-state index in [0.717, 1.165) is 27.9 Å². The van der Waals surface area contributed by atoms with Crippen molar-refractivity contribution in [2.75, 3.05) is 7.11 Å². The van der Waals surface area contributed by atoms with Crippen molar-refractivity contribution in [3.05, 3.63) is 89.7 Å². The fourth-order valence-corrected chi connectivity index (χ4v) is 3.42. The van der Waals surface area contributed by atoms with E-state index in [9.17, 15) is 14.3 Å². The van der Waals surface area contributed by atoms with E-state index in [2.05, 4.69) is 0 Å². The Morgan fingerprint density at radius 2 is 1.86 bits per heavy atom. The molecular weight excluding hydrogens is 357 g/mol. The second-order valence-corrected chi connectivity index (χ2v) is 6.53. The van der Waals surface area contributed by atoms with Crippen molar-refractivity contribution in [3.8, 4) is 17.0 Å². The number of aromatic carboxylic acids is 1. The molecule has 0 atom stereocenters. The van der Waals surface area contributed by atoms with Gasteiger partial charge in [-0.3, -0.25) is 0 Å². The lowest BCUT2D eigenvalue weighted by Crippen LogP contribution is -2.04. The van der Waals surface area contributed by atoms with Gasteiger partial charge in [0.1, 0.15) is 11.6 Å². The van der Waals surface area contributed by atoms with Gasteiger partial charge in [0.2, 0.25) is 0 Å². The van der Waals surface area contributed by atoms with Gasteiger partial charge in [-0.25, -0.2) is 9.18 Å². The van der Waals surface area contributed by atoms with Crippen molar-refractivity contribution in [1.82, 2.24) is 4.57 Å². The molecule has 0 amide bonds. The molecule has 0 saturated carbocycles. The summed E-state index contributed by atoms with van der Waals surface area (Å²) in [6.45, 7) is 0.417. The summed E-state index contributed by atoms with van der Waals surface area (Å²) in [6, 6.07) is 21.0. The van der Waals surface area contributed by atoms with Crippen LogP contribution in [0.15, 0.2) is 72.8 Å². The zero-order valence-electron chi connectivity index (χ0n) is 15.2. The number of aromatic nitrogens is 1. The summed E-state index contributed by atoms with van der Waals surface area (Å²) in [6.07, 6.45) is 0. The minimum Gasteiger partial charge on any atom is -0.497 e. The van der Waals surface area contributed by atoms with E-state index in [4.69, 9.17) is 4.74 Å². The molecular formula is C23H18FNO3. The number of fused-ring (bicyclic) bond motifs is 1. The van der Waals surface area contributed by atoms with Gasteiger partial charge in [0, 0.05) is 23.0 Å². The van der Waals surface area contributed by atoms with Crippen LogP contribution in [0.3, 0.4) is 0 Å². The van der Waals surface area contributed by atoms with E-state index in [0.29, 0.717) is 12.1 Å². The summed E-state index contributed by atoms with van der Waals surface area (Å²) in [5, 5.41) is 10.2. The standard InChI is InChI=1S/C23H18FNO3/c1-28-18-9-10-21-17(12-18)13-22(19-7-2-3-8-20(19)24)25(21)14-15-5-4-6-16(11-15)23(26)27/h2-13H,14H2,1H3,(H,26,27). The molecule has 1 N–H and O–H groups in total. The topological polar surface area (TPSA) is 51.5 Å². The Kier molecular flexibility index (Phi) is 4.57. The number of hydrogen-bond donors (Lipinski definition) is 1. The van der Waals surface area contributed by atoms with Crippen LogP contribution in [0, 0.1) is 5.82 Å². The first-order chi connectivity index (χ1) is 13.6. The molecule has 0 radical (unpaired) electrons. The van der Waals surface area contributed by atoms with E-state index >= 15 is 0 Å². The Labute approximate surface area is 161 Å². The number of carboxylic acid groups (broad SMARTS) is 1. The number of benzene rings is 3. The lowest BCUT2D eigenvalue weighted by atomic mass is 10.1. The number of carboxylic acids is 1. The second kappa shape index (κ2) is 7.19. The highest BCUT2D eigenvalue weighted by Crippen LogP contribution is 2.32. The van der Waals surface area contributed by atoms with Gasteiger partial charge >= 0.3 is 5.97 Å². The van der Waals surface area contributed by atoms with Crippen molar-refractivity contribution in [2.24, 2.45) is 0 Å². The van der Waals surface area contributed by atoms with Gasteiger partial charge in [0.15, 0.2) is 0 Å². The van der Waals surface area contributed by atoms with Crippen molar-refractivity contribution >= 4 is 16.9 Å². The average Bonchev–Trinajstić information content (AvgIpc) is 3.05. The summed E-state index contributed by atoms with van der Waals surface area (Å²) in [7, 11) is 1.60. The molecule has 4 rings (SSSR count). The number of ether oxygens (including phenoxy) is 1. The third kappa shape index (κ3) is 3.22. The van der Waals surface area contributed by atoms with Crippen LogP contribution in [0.1, 0.15) is 15.9 Å². The summed E-state index contributed by atoms with van der Waals surface area (Å²) >= 11 is 0. The maximum absolute atomic E-state index is 14.5. The van der Waals surface area contributed by atoms with E-state index in [1.165, 1.54) is 6.07 Å². The van der Waals surface area contributed by atoms with Crippen LogP contribution < -0.4 is 4.74 Å². The summed E-state index contributed by atoms with van der Waals surface area (Å²) in [5.74, 6) is -0.561. The van der Waals surface area contributed by atoms with Crippen LogP contribution in [0.2, 0.25) is 0 Å². The molecule has 0 unspecified atom stereocenters. The third-order valence-electron chi connectivity index (χ3n) is 4.77. The lowest BCUT2D eigenvalue weighted by molar-refractivity contribution is 0.0696. The van der Waals surface area contributed by atoms with Crippen LogP contribution in [0.4, 0.5) is 4.39 Å². The second-order valence-electron chi connectivity index (χ2n) is 6.53. The molecule has 0 aliphatic carbocycles. The Bertz CT molecular complexity index is 1180. The van der Waals surface area contributed by atoms with Gasteiger partial charge in [0.05, 0.1) is 18.4 Å². The first-order valence-electron chi connectivity index (χ1n) is 8.81. The van der Waals surface area contributed by atoms with Crippen LogP contribution in [-0.2, 0) is 6.54 Å². The highest BCUT2D eigenvalue weighted by Gasteiger charge is 2.15. The zero-order chi connectivity index (χ0) is 19.7. The van der Waals surface area contributed by atoms with E-state index in [-0.39, 0.29) is 11.4 Å². The first kappa shape index (κ1) is 17.8. The maximum atomic E-state index is 14.5. The van der Waals surface area contributed by atoms with Gasteiger partial charge in [0.25, 0.3) is 0 Å². The minimum atomic E-state index is -0.974. The fraction of sp³-hybridized carbons (Fsp3) is 0.0870. The molecule has 1 heterocycles. The van der Waals surface area contributed by atoms with Crippen LogP contribution in [0.25, 0.3) is 22.2 Å². The number of halogens is 1. The molecule has 4 nitrogen and oxygen atoms in total. The largest absolute Gasteiger partial charge is 0.497 e. The molecule has 0 fully saturated rings. The lowest BCUT2D eigenvalue weighted by Gasteiger charge is -2.12. The Morgan fingerprint density at radius 3 is 2.61 bits per heavy atom. The Morgan fingerprint density at radius 1 is 1.04 bits per heavy atom. The first-order valence-corrected chi connectivity index (χ1v) is 8.81. The molecule has 4 aromatic rings. The van der Waals surface area contributed by atoms with Crippen molar-refractivity contribution in [3.63, 3.8) is 0 Å². The molecule has 3 aromatic carbocycles. The highest BCUT2D eigenvalue weighted by molar-refractivity contribution is 5.89. The van der Waals surface area contributed by atoms with Crippen molar-refractivity contribution in [1.29, 1.82) is 0 Å². The van der Waals surface area contributed by atoms with Crippen LogP contribution >= 0.6 is 0 Å². The number of nitrogens with zero attached hydrogens (tertiary/aromatic N) is 1. The molecule has 140 valence electrons. The van der Waals surface area contributed by atoms with Gasteiger partial charge in [-0.2, -0.15) is 0 Å². The Balaban J connectivity index is 1.90. The summed E-state index contributed by atoms with van der Waals surface area (Å²) in [5.41, 5.74) is 3.18. The minimum absolute atomic E-state index is 0.225. The number of hydrogen-bond acceptors (Lipinski definition) is 2. The number of carbonyl (C=O) groups is 1. The monoisotopic (exact) mass is 375 g/mol. The van der Waals surface area contributed by atoms with Gasteiger partial charge < -0.3 is 14.4 Å². The van der Waals surface area contributed by atoms with Gasteiger partial charge in [-0.05, 0) is 54.1 Å². The predicted octanol–water partition coefficient (Wildman–Crippen LogP) is 5.20. The fourth-order valence-electron chi connectivity index (χ4n) is 3.42. The van der Waals surface area contributed by atoms with E-state index in [1.807, 2.05) is 34.9 Å². The summed E-state index contributed by atoms with van der Waals surface area (Å²) < 4.78 is 21.8. The van der Waals surface area contributed by atoms with Crippen molar-refractivity contribution < 1.29 is 19.0 Å². The SMILES string of the molecule is COc1ccc2c(c1)cc(-c1ccccc1F)n2Cc1cccc(C(=O)O)c1. The van der Waals surface area contributed by atoms with E-state index in [1.54, 1.807) is 43.5 Å². The van der Waals surface area contributed by atoms with Gasteiger partial charge in [-0.15, -0.1) is 0 Å². The normalized spacial score (nSPS) is 10.9. The highest BCUT2D eigenvalue weighted by atomic mass is 19.1. The van der Waals surface area contributed by atoms with Crippen LogP contribution in [0.5, 0.6) is 5.75 Å². The zero-order valence-corrected chi connectivity index (χ0v) is 15.2. The maximum Gasteiger partial charge on any atom is 0.335 e. The molecule has 0 spiro atoms. The van der Waals surface area contributed by atoms with Gasteiger partial charge in [-0.1, -0.05) is 24.3 Å². The quantitative estimate of drug-likeness (QED) is 0.521. The third-order valence-corrected chi connectivity index (χ3v) is 4.77. The average molecular weight is 375 g/mol. The molecule has 0 aliphatic rings. The Hall–Kier alpha value is -3.60. The van der Waals surface area contributed by atoms with E-state index < -0.39 is 5.97 Å². The number of methoxy groups -OCH3 is 1. The smallest absolute Gasteiger partial charge is 0.335 e. The molecule has 28 heavy (non-hydrogen) atoms. The molecule has 0 bridgehead atoms. The summed E-state index contributed by atoms with van der Waals surface area (Å²) in [4.78, 5) is 11.3.